The van der Waals surface area contributed by atoms with Crippen LogP contribution in [0.3, 0.4) is 0 Å². The van der Waals surface area contributed by atoms with E-state index in [2.05, 4.69) is 10.1 Å². The number of amides is 2. The highest BCUT2D eigenvalue weighted by Crippen LogP contribution is 2.15. The number of hydrazone groups is 1. The predicted molar refractivity (Wildman–Crippen MR) is 69.2 cm³/mol. The van der Waals surface area contributed by atoms with Gasteiger partial charge in [0.1, 0.15) is 11.5 Å². The van der Waals surface area contributed by atoms with E-state index in [1.807, 2.05) is 18.2 Å². The molecule has 0 saturated carbocycles. The van der Waals surface area contributed by atoms with Crippen LogP contribution in [0, 0.1) is 0 Å². The SMILES string of the molecule is NC1=NN(C(=O)c2ccc3ccccc3n2)C(=O)C1. The van der Waals surface area contributed by atoms with E-state index in [-0.39, 0.29) is 18.0 Å². The average molecular weight is 254 g/mol. The van der Waals surface area contributed by atoms with Gasteiger partial charge in [-0.2, -0.15) is 5.01 Å². The maximum absolute atomic E-state index is 12.1. The van der Waals surface area contributed by atoms with Crippen LogP contribution in [0.2, 0.25) is 0 Å². The summed E-state index contributed by atoms with van der Waals surface area (Å²) in [6, 6.07) is 10.8. The van der Waals surface area contributed by atoms with Crippen LogP contribution in [0.1, 0.15) is 16.9 Å². The number of amidine groups is 1. The molecule has 2 amide bonds. The molecule has 0 unspecified atom stereocenters. The van der Waals surface area contributed by atoms with Crippen molar-refractivity contribution < 1.29 is 9.59 Å². The van der Waals surface area contributed by atoms with Gasteiger partial charge >= 0.3 is 0 Å². The Morgan fingerprint density at radius 1 is 1.21 bits per heavy atom. The fourth-order valence-electron chi connectivity index (χ4n) is 1.90. The van der Waals surface area contributed by atoms with Crippen molar-refractivity contribution in [3.63, 3.8) is 0 Å². The van der Waals surface area contributed by atoms with Crippen molar-refractivity contribution in [2.45, 2.75) is 6.42 Å². The Bertz CT molecular complexity index is 723. The van der Waals surface area contributed by atoms with E-state index in [0.29, 0.717) is 5.52 Å². The Balaban J connectivity index is 2.00. The molecule has 2 heterocycles. The minimum atomic E-state index is -0.559. The Kier molecular flexibility index (Phi) is 2.49. The molecule has 6 heteroatoms. The highest BCUT2D eigenvalue weighted by atomic mass is 16.2. The third kappa shape index (κ3) is 1.93. The number of carbonyl (C=O) groups is 2. The van der Waals surface area contributed by atoms with Crippen molar-refractivity contribution in [1.29, 1.82) is 0 Å². The van der Waals surface area contributed by atoms with Crippen LogP contribution >= 0.6 is 0 Å². The second-order valence-electron chi connectivity index (χ2n) is 4.17. The molecule has 94 valence electrons. The van der Waals surface area contributed by atoms with Crippen LogP contribution in [-0.4, -0.2) is 27.6 Å². The maximum Gasteiger partial charge on any atom is 0.299 e. The standard InChI is InChI=1S/C13H10N4O2/c14-11-7-12(18)17(16-11)13(19)10-6-5-8-3-1-2-4-9(8)15-10/h1-6H,7H2,(H2,14,16). The Labute approximate surface area is 108 Å². The van der Waals surface area contributed by atoms with Gasteiger partial charge in [0.2, 0.25) is 0 Å². The third-order valence-corrected chi connectivity index (χ3v) is 2.81. The van der Waals surface area contributed by atoms with Gasteiger partial charge in [0.05, 0.1) is 11.9 Å². The second kappa shape index (κ2) is 4.16. The smallest absolute Gasteiger partial charge is 0.299 e. The molecule has 1 aliphatic rings. The zero-order chi connectivity index (χ0) is 13.4. The summed E-state index contributed by atoms with van der Waals surface area (Å²) in [6.07, 6.45) is -0.0285. The molecule has 2 N–H and O–H groups in total. The molecule has 0 aliphatic carbocycles. The number of aromatic nitrogens is 1. The lowest BCUT2D eigenvalue weighted by atomic mass is 10.2. The molecule has 0 atom stereocenters. The summed E-state index contributed by atoms with van der Waals surface area (Å²) in [6.45, 7) is 0. The van der Waals surface area contributed by atoms with E-state index in [4.69, 9.17) is 5.73 Å². The highest BCUT2D eigenvalue weighted by molar-refractivity contribution is 6.13. The molecular weight excluding hydrogens is 244 g/mol. The molecule has 0 radical (unpaired) electrons. The number of imide groups is 1. The van der Waals surface area contributed by atoms with Gasteiger partial charge in [0.15, 0.2) is 0 Å². The lowest BCUT2D eigenvalue weighted by molar-refractivity contribution is -0.126. The first-order chi connectivity index (χ1) is 9.15. The molecule has 2 aromatic rings. The van der Waals surface area contributed by atoms with Gasteiger partial charge in [-0.25, -0.2) is 4.98 Å². The monoisotopic (exact) mass is 254 g/mol. The minimum absolute atomic E-state index is 0.0285. The van der Waals surface area contributed by atoms with E-state index in [1.165, 1.54) is 0 Å². The zero-order valence-corrected chi connectivity index (χ0v) is 9.91. The number of nitrogens with zero attached hydrogens (tertiary/aromatic N) is 3. The fraction of sp³-hybridized carbons (Fsp3) is 0.0769. The van der Waals surface area contributed by atoms with Gasteiger partial charge in [0.25, 0.3) is 11.8 Å². The summed E-state index contributed by atoms with van der Waals surface area (Å²) in [7, 11) is 0. The molecule has 0 bridgehead atoms. The van der Waals surface area contributed by atoms with Crippen LogP contribution in [0.15, 0.2) is 41.5 Å². The minimum Gasteiger partial charge on any atom is -0.385 e. The van der Waals surface area contributed by atoms with E-state index < -0.39 is 11.8 Å². The normalized spacial score (nSPS) is 14.8. The van der Waals surface area contributed by atoms with Gasteiger partial charge in [-0.05, 0) is 12.1 Å². The highest BCUT2D eigenvalue weighted by Gasteiger charge is 2.29. The van der Waals surface area contributed by atoms with Crippen molar-refractivity contribution in [3.05, 3.63) is 42.1 Å². The van der Waals surface area contributed by atoms with E-state index in [0.717, 1.165) is 10.4 Å². The van der Waals surface area contributed by atoms with Gasteiger partial charge in [-0.15, -0.1) is 5.10 Å². The predicted octanol–water partition coefficient (Wildman–Crippen LogP) is 0.879. The third-order valence-electron chi connectivity index (χ3n) is 2.81. The number of pyridine rings is 1. The summed E-state index contributed by atoms with van der Waals surface area (Å²) in [4.78, 5) is 27.9. The summed E-state index contributed by atoms with van der Waals surface area (Å²) in [5.41, 5.74) is 6.30. The van der Waals surface area contributed by atoms with Crippen LogP contribution in [-0.2, 0) is 4.79 Å². The number of hydrogen-bond donors (Lipinski definition) is 1. The van der Waals surface area contributed by atoms with Gasteiger partial charge in [-0.3, -0.25) is 9.59 Å². The molecular formula is C13H10N4O2. The number of rotatable bonds is 1. The van der Waals surface area contributed by atoms with Crippen molar-refractivity contribution >= 4 is 28.6 Å². The Hall–Kier alpha value is -2.76. The lowest BCUT2D eigenvalue weighted by Crippen LogP contribution is -2.29. The van der Waals surface area contributed by atoms with Crippen LogP contribution in [0.25, 0.3) is 10.9 Å². The van der Waals surface area contributed by atoms with Gasteiger partial charge < -0.3 is 5.73 Å². The second-order valence-corrected chi connectivity index (χ2v) is 4.17. The average Bonchev–Trinajstić information content (AvgIpc) is 2.76. The Morgan fingerprint density at radius 3 is 2.74 bits per heavy atom. The largest absolute Gasteiger partial charge is 0.385 e. The molecule has 0 saturated heterocycles. The molecule has 6 nitrogen and oxygen atoms in total. The van der Waals surface area contributed by atoms with Crippen LogP contribution in [0.5, 0.6) is 0 Å². The van der Waals surface area contributed by atoms with Gasteiger partial charge in [-0.1, -0.05) is 24.3 Å². The number of nitrogens with two attached hydrogens (primary N) is 1. The number of para-hydroxylation sites is 1. The Morgan fingerprint density at radius 2 is 2.00 bits per heavy atom. The van der Waals surface area contributed by atoms with Gasteiger partial charge in [0, 0.05) is 5.39 Å². The molecule has 0 spiro atoms. The molecule has 3 rings (SSSR count). The van der Waals surface area contributed by atoms with Crippen molar-refractivity contribution in [2.75, 3.05) is 0 Å². The maximum atomic E-state index is 12.1. The van der Waals surface area contributed by atoms with Crippen LogP contribution in [0.4, 0.5) is 0 Å². The molecule has 19 heavy (non-hydrogen) atoms. The number of fused-ring (bicyclic) bond motifs is 1. The van der Waals surface area contributed by atoms with Crippen molar-refractivity contribution in [3.8, 4) is 0 Å². The van der Waals surface area contributed by atoms with E-state index in [1.54, 1.807) is 18.2 Å². The topological polar surface area (TPSA) is 88.7 Å². The number of carbonyl (C=O) groups excluding carboxylic acids is 2. The summed E-state index contributed by atoms with van der Waals surface area (Å²) >= 11 is 0. The quantitative estimate of drug-likeness (QED) is 0.765. The molecule has 1 aliphatic heterocycles. The van der Waals surface area contributed by atoms with E-state index >= 15 is 0 Å². The van der Waals surface area contributed by atoms with E-state index in [9.17, 15) is 9.59 Å². The van der Waals surface area contributed by atoms with Crippen LogP contribution < -0.4 is 5.73 Å². The lowest BCUT2D eigenvalue weighted by Gasteiger charge is -2.09. The fourth-order valence-corrected chi connectivity index (χ4v) is 1.90. The molecule has 0 fully saturated rings. The van der Waals surface area contributed by atoms with Crippen molar-refractivity contribution in [1.82, 2.24) is 9.99 Å². The van der Waals surface area contributed by atoms with Crippen molar-refractivity contribution in [2.24, 2.45) is 10.8 Å². The first-order valence-electron chi connectivity index (χ1n) is 5.71. The zero-order valence-electron chi connectivity index (χ0n) is 9.91. The summed E-state index contributed by atoms with van der Waals surface area (Å²) < 4.78 is 0. The molecule has 1 aromatic carbocycles. The first kappa shape index (κ1) is 11.3. The number of benzene rings is 1. The summed E-state index contributed by atoms with van der Waals surface area (Å²) in [5.74, 6) is -0.854. The molecule has 1 aromatic heterocycles. The first-order valence-corrected chi connectivity index (χ1v) is 5.71. The number of hydrogen-bond acceptors (Lipinski definition) is 5. The summed E-state index contributed by atoms with van der Waals surface area (Å²) in [5, 5.41) is 5.41.